The van der Waals surface area contributed by atoms with E-state index in [4.69, 9.17) is 9.84 Å². The summed E-state index contributed by atoms with van der Waals surface area (Å²) in [6, 6.07) is 8.24. The highest BCUT2D eigenvalue weighted by Gasteiger charge is 1.99. The van der Waals surface area contributed by atoms with Crippen molar-refractivity contribution in [3.05, 3.63) is 29.8 Å². The van der Waals surface area contributed by atoms with Crippen LogP contribution in [0.2, 0.25) is 0 Å². The zero-order valence-electron chi connectivity index (χ0n) is 16.0. The van der Waals surface area contributed by atoms with Gasteiger partial charge in [-0.15, -0.1) is 0 Å². The molecule has 0 aliphatic heterocycles. The summed E-state index contributed by atoms with van der Waals surface area (Å²) in [7, 11) is 0. The van der Waals surface area contributed by atoms with E-state index in [0.717, 1.165) is 12.2 Å². The standard InChI is InChI=1S/C22H36O3/c1-2-3-4-5-6-7-8-9-10-11-13-20-15-17-21(18-16-20)25-19-12-14-22(23)24/h15-18H,2-14,19H2,1H3,(H,23,24). The lowest BCUT2D eigenvalue weighted by molar-refractivity contribution is -0.137. The van der Waals surface area contributed by atoms with E-state index in [1.807, 2.05) is 12.1 Å². The van der Waals surface area contributed by atoms with Crippen molar-refractivity contribution < 1.29 is 14.6 Å². The molecule has 1 rings (SSSR count). The van der Waals surface area contributed by atoms with Crippen molar-refractivity contribution in [3.63, 3.8) is 0 Å². The third kappa shape index (κ3) is 12.5. The van der Waals surface area contributed by atoms with Crippen LogP contribution in [0.3, 0.4) is 0 Å². The Bertz CT molecular complexity index is 439. The summed E-state index contributed by atoms with van der Waals surface area (Å²) in [6.07, 6.45) is 15.5. The van der Waals surface area contributed by atoms with Gasteiger partial charge in [0.15, 0.2) is 0 Å². The van der Waals surface area contributed by atoms with E-state index < -0.39 is 5.97 Å². The van der Waals surface area contributed by atoms with Crippen molar-refractivity contribution in [1.82, 2.24) is 0 Å². The monoisotopic (exact) mass is 348 g/mol. The molecule has 0 amide bonds. The minimum atomic E-state index is -0.768. The lowest BCUT2D eigenvalue weighted by atomic mass is 10.0. The number of rotatable bonds is 16. The maximum Gasteiger partial charge on any atom is 0.303 e. The topological polar surface area (TPSA) is 46.5 Å². The fourth-order valence-electron chi connectivity index (χ4n) is 2.98. The number of benzene rings is 1. The van der Waals surface area contributed by atoms with E-state index in [9.17, 15) is 4.79 Å². The first kappa shape index (κ1) is 21.5. The molecule has 0 saturated heterocycles. The second kappa shape index (κ2) is 14.8. The minimum Gasteiger partial charge on any atom is -0.494 e. The number of aliphatic carboxylic acids is 1. The predicted molar refractivity (Wildman–Crippen MR) is 104 cm³/mol. The molecule has 0 radical (unpaired) electrons. The van der Waals surface area contributed by atoms with Gasteiger partial charge in [-0.25, -0.2) is 0 Å². The molecule has 0 atom stereocenters. The molecular weight excluding hydrogens is 312 g/mol. The number of hydrogen-bond acceptors (Lipinski definition) is 2. The number of unbranched alkanes of at least 4 members (excludes halogenated alkanes) is 9. The van der Waals surface area contributed by atoms with Gasteiger partial charge in [-0.2, -0.15) is 0 Å². The Morgan fingerprint density at radius 2 is 1.40 bits per heavy atom. The zero-order valence-corrected chi connectivity index (χ0v) is 16.0. The number of carboxylic acids is 1. The average Bonchev–Trinajstić information content (AvgIpc) is 2.61. The van der Waals surface area contributed by atoms with Crippen LogP contribution in [-0.4, -0.2) is 17.7 Å². The minimum absolute atomic E-state index is 0.164. The second-order valence-corrected chi connectivity index (χ2v) is 6.92. The second-order valence-electron chi connectivity index (χ2n) is 6.92. The summed E-state index contributed by atoms with van der Waals surface area (Å²) in [6.45, 7) is 2.73. The first-order chi connectivity index (χ1) is 12.2. The first-order valence-corrected chi connectivity index (χ1v) is 10.2. The van der Waals surface area contributed by atoms with Crippen LogP contribution in [0.1, 0.15) is 89.5 Å². The van der Waals surface area contributed by atoms with Crippen LogP contribution in [-0.2, 0) is 11.2 Å². The zero-order chi connectivity index (χ0) is 18.2. The molecule has 142 valence electrons. The number of hydrogen-bond donors (Lipinski definition) is 1. The summed E-state index contributed by atoms with van der Waals surface area (Å²) in [4.78, 5) is 10.4. The predicted octanol–water partition coefficient (Wildman–Crippen LogP) is 6.39. The van der Waals surface area contributed by atoms with Crippen LogP contribution >= 0.6 is 0 Å². The Morgan fingerprint density at radius 3 is 1.96 bits per heavy atom. The molecule has 0 heterocycles. The van der Waals surface area contributed by atoms with Gasteiger partial charge >= 0.3 is 5.97 Å². The normalized spacial score (nSPS) is 10.8. The summed E-state index contributed by atoms with van der Waals surface area (Å²) in [5.74, 6) is 0.0626. The van der Waals surface area contributed by atoms with E-state index in [1.165, 1.54) is 69.8 Å². The Balaban J connectivity index is 1.99. The largest absolute Gasteiger partial charge is 0.494 e. The fourth-order valence-corrected chi connectivity index (χ4v) is 2.98. The van der Waals surface area contributed by atoms with E-state index in [2.05, 4.69) is 19.1 Å². The van der Waals surface area contributed by atoms with E-state index in [0.29, 0.717) is 13.0 Å². The highest BCUT2D eigenvalue weighted by Crippen LogP contribution is 2.16. The quantitative estimate of drug-likeness (QED) is 0.352. The molecule has 1 N–H and O–H groups in total. The number of carbonyl (C=O) groups is 1. The van der Waals surface area contributed by atoms with Crippen LogP contribution in [0.15, 0.2) is 24.3 Å². The van der Waals surface area contributed by atoms with Crippen LogP contribution in [0.5, 0.6) is 5.75 Å². The fraction of sp³-hybridized carbons (Fsp3) is 0.682. The van der Waals surface area contributed by atoms with E-state index in [-0.39, 0.29) is 6.42 Å². The van der Waals surface area contributed by atoms with Gasteiger partial charge < -0.3 is 9.84 Å². The van der Waals surface area contributed by atoms with Crippen molar-refractivity contribution in [1.29, 1.82) is 0 Å². The Labute approximate surface area is 153 Å². The molecule has 25 heavy (non-hydrogen) atoms. The SMILES string of the molecule is CCCCCCCCCCCCc1ccc(OCCCC(=O)O)cc1. The third-order valence-corrected chi connectivity index (χ3v) is 4.55. The van der Waals surface area contributed by atoms with Gasteiger partial charge in [0.05, 0.1) is 6.61 Å². The van der Waals surface area contributed by atoms with Gasteiger partial charge in [0.1, 0.15) is 5.75 Å². The van der Waals surface area contributed by atoms with Crippen LogP contribution in [0.4, 0.5) is 0 Å². The van der Waals surface area contributed by atoms with Gasteiger partial charge in [0.25, 0.3) is 0 Å². The van der Waals surface area contributed by atoms with Crippen molar-refractivity contribution >= 4 is 5.97 Å². The maximum atomic E-state index is 10.4. The van der Waals surface area contributed by atoms with Gasteiger partial charge in [0.2, 0.25) is 0 Å². The molecule has 0 saturated carbocycles. The molecule has 3 nitrogen and oxygen atoms in total. The third-order valence-electron chi connectivity index (χ3n) is 4.55. The lowest BCUT2D eigenvalue weighted by Crippen LogP contribution is -2.02. The lowest BCUT2D eigenvalue weighted by Gasteiger charge is -2.07. The van der Waals surface area contributed by atoms with E-state index in [1.54, 1.807) is 0 Å². The van der Waals surface area contributed by atoms with Crippen LogP contribution in [0, 0.1) is 0 Å². The smallest absolute Gasteiger partial charge is 0.303 e. The molecular formula is C22H36O3. The molecule has 3 heteroatoms. The van der Waals surface area contributed by atoms with Crippen molar-refractivity contribution in [2.24, 2.45) is 0 Å². The van der Waals surface area contributed by atoms with Crippen LogP contribution in [0.25, 0.3) is 0 Å². The number of carboxylic acid groups (broad SMARTS) is 1. The summed E-state index contributed by atoms with van der Waals surface area (Å²) in [5.41, 5.74) is 1.36. The maximum absolute atomic E-state index is 10.4. The molecule has 0 bridgehead atoms. The molecule has 1 aromatic rings. The molecule has 0 aromatic heterocycles. The molecule has 0 unspecified atom stereocenters. The highest BCUT2D eigenvalue weighted by atomic mass is 16.5. The summed E-state index contributed by atoms with van der Waals surface area (Å²) < 4.78 is 5.55. The number of aryl methyl sites for hydroxylation is 1. The molecule has 0 aliphatic carbocycles. The van der Waals surface area contributed by atoms with Crippen molar-refractivity contribution in [2.75, 3.05) is 6.61 Å². The molecule has 1 aromatic carbocycles. The summed E-state index contributed by atoms with van der Waals surface area (Å²) >= 11 is 0. The average molecular weight is 349 g/mol. The van der Waals surface area contributed by atoms with Gasteiger partial charge in [-0.05, 0) is 37.0 Å². The Morgan fingerprint density at radius 1 is 0.840 bits per heavy atom. The number of ether oxygens (including phenoxy) is 1. The molecule has 0 spiro atoms. The van der Waals surface area contributed by atoms with Gasteiger partial charge in [0, 0.05) is 6.42 Å². The van der Waals surface area contributed by atoms with Crippen molar-refractivity contribution in [2.45, 2.75) is 90.4 Å². The first-order valence-electron chi connectivity index (χ1n) is 10.2. The van der Waals surface area contributed by atoms with Gasteiger partial charge in [-0.1, -0.05) is 76.8 Å². The molecule has 0 fully saturated rings. The Kier molecular flexibility index (Phi) is 12.7. The molecule has 0 aliphatic rings. The summed E-state index contributed by atoms with van der Waals surface area (Å²) in [5, 5.41) is 8.59. The van der Waals surface area contributed by atoms with Crippen LogP contribution < -0.4 is 4.74 Å². The highest BCUT2D eigenvalue weighted by molar-refractivity contribution is 5.66. The Hall–Kier alpha value is -1.51. The van der Waals surface area contributed by atoms with Crippen molar-refractivity contribution in [3.8, 4) is 5.75 Å². The van der Waals surface area contributed by atoms with E-state index >= 15 is 0 Å². The van der Waals surface area contributed by atoms with Gasteiger partial charge in [-0.3, -0.25) is 4.79 Å².